The standard InChI is InChI=1S/C12H11N3O3S/c16-11(15-4-2-10-14-5-6-19-10)8-1-3-13-9(7-8)12(17)18/h1,3,5-7H,2,4H2,(H,15,16)(H,17,18). The average Bonchev–Trinajstić information content (AvgIpc) is 2.92. The molecular formula is C12H11N3O3S. The van der Waals surface area contributed by atoms with Gasteiger partial charge in [-0.15, -0.1) is 11.3 Å². The lowest BCUT2D eigenvalue weighted by Gasteiger charge is -2.04. The maximum absolute atomic E-state index is 11.8. The second kappa shape index (κ2) is 6.05. The zero-order valence-corrected chi connectivity index (χ0v) is 10.7. The molecule has 0 aliphatic heterocycles. The van der Waals surface area contributed by atoms with Crippen molar-refractivity contribution in [2.45, 2.75) is 6.42 Å². The number of nitrogens with zero attached hydrogens (tertiary/aromatic N) is 2. The van der Waals surface area contributed by atoms with Crippen molar-refractivity contribution in [2.75, 3.05) is 6.54 Å². The fourth-order valence-corrected chi connectivity index (χ4v) is 2.07. The van der Waals surface area contributed by atoms with E-state index in [4.69, 9.17) is 5.11 Å². The van der Waals surface area contributed by atoms with Gasteiger partial charge in [0.2, 0.25) is 0 Å². The van der Waals surface area contributed by atoms with Gasteiger partial charge in [-0.2, -0.15) is 0 Å². The van der Waals surface area contributed by atoms with Crippen LogP contribution < -0.4 is 5.32 Å². The van der Waals surface area contributed by atoms with E-state index in [-0.39, 0.29) is 17.2 Å². The number of thiazole rings is 1. The highest BCUT2D eigenvalue weighted by Gasteiger charge is 2.10. The van der Waals surface area contributed by atoms with E-state index in [1.165, 1.54) is 29.7 Å². The first-order valence-corrected chi connectivity index (χ1v) is 6.40. The minimum absolute atomic E-state index is 0.146. The fraction of sp³-hybridized carbons (Fsp3) is 0.167. The highest BCUT2D eigenvalue weighted by Crippen LogP contribution is 2.05. The molecule has 2 N–H and O–H groups in total. The third-order valence-corrected chi connectivity index (χ3v) is 3.19. The van der Waals surface area contributed by atoms with Crippen molar-refractivity contribution >= 4 is 23.2 Å². The van der Waals surface area contributed by atoms with Crippen LogP contribution in [0.4, 0.5) is 0 Å². The van der Waals surface area contributed by atoms with Crippen LogP contribution in [0, 0.1) is 0 Å². The number of carboxylic acids is 1. The van der Waals surface area contributed by atoms with E-state index in [0.717, 1.165) is 5.01 Å². The Morgan fingerprint density at radius 1 is 1.32 bits per heavy atom. The highest BCUT2D eigenvalue weighted by atomic mass is 32.1. The van der Waals surface area contributed by atoms with E-state index in [0.29, 0.717) is 13.0 Å². The van der Waals surface area contributed by atoms with Gasteiger partial charge >= 0.3 is 5.97 Å². The molecule has 0 aromatic carbocycles. The third kappa shape index (κ3) is 3.59. The molecule has 2 rings (SSSR count). The van der Waals surface area contributed by atoms with E-state index in [1.54, 1.807) is 6.20 Å². The molecule has 1 amide bonds. The van der Waals surface area contributed by atoms with Gasteiger partial charge in [0.1, 0.15) is 5.69 Å². The van der Waals surface area contributed by atoms with E-state index in [1.807, 2.05) is 5.38 Å². The number of aromatic nitrogens is 2. The predicted octanol–water partition coefficient (Wildman–Crippen LogP) is 1.21. The van der Waals surface area contributed by atoms with Crippen molar-refractivity contribution in [3.8, 4) is 0 Å². The number of amides is 1. The molecule has 0 saturated heterocycles. The number of carbonyl (C=O) groups excluding carboxylic acids is 1. The first-order valence-electron chi connectivity index (χ1n) is 5.53. The minimum Gasteiger partial charge on any atom is -0.477 e. The van der Waals surface area contributed by atoms with E-state index >= 15 is 0 Å². The van der Waals surface area contributed by atoms with E-state index < -0.39 is 5.97 Å². The van der Waals surface area contributed by atoms with Crippen LogP contribution in [0.2, 0.25) is 0 Å². The smallest absolute Gasteiger partial charge is 0.354 e. The zero-order chi connectivity index (χ0) is 13.7. The summed E-state index contributed by atoms with van der Waals surface area (Å²) in [5, 5.41) is 14.3. The Balaban J connectivity index is 1.92. The predicted molar refractivity (Wildman–Crippen MR) is 69.3 cm³/mol. The molecule has 7 heteroatoms. The lowest BCUT2D eigenvalue weighted by molar-refractivity contribution is 0.0690. The van der Waals surface area contributed by atoms with Gasteiger partial charge in [-0.25, -0.2) is 14.8 Å². The van der Waals surface area contributed by atoms with Gasteiger partial charge in [-0.05, 0) is 12.1 Å². The summed E-state index contributed by atoms with van der Waals surface area (Å²) >= 11 is 1.53. The van der Waals surface area contributed by atoms with E-state index in [9.17, 15) is 9.59 Å². The van der Waals surface area contributed by atoms with Gasteiger partial charge in [0.05, 0.1) is 5.01 Å². The third-order valence-electron chi connectivity index (χ3n) is 2.35. The number of nitrogens with one attached hydrogen (secondary N) is 1. The number of aromatic carboxylic acids is 1. The largest absolute Gasteiger partial charge is 0.477 e. The summed E-state index contributed by atoms with van der Waals surface area (Å²) in [5.41, 5.74) is 0.138. The average molecular weight is 277 g/mol. The molecule has 6 nitrogen and oxygen atoms in total. The molecule has 0 spiro atoms. The van der Waals surface area contributed by atoms with Gasteiger partial charge in [0.15, 0.2) is 0 Å². The molecule has 2 aromatic heterocycles. The van der Waals surface area contributed by atoms with Crippen molar-refractivity contribution in [3.63, 3.8) is 0 Å². The Morgan fingerprint density at radius 2 is 2.16 bits per heavy atom. The molecule has 0 saturated carbocycles. The number of rotatable bonds is 5. The first kappa shape index (κ1) is 13.2. The first-order chi connectivity index (χ1) is 9.16. The van der Waals surface area contributed by atoms with Gasteiger partial charge < -0.3 is 10.4 Å². The number of hydrogen-bond donors (Lipinski definition) is 2. The number of carboxylic acid groups (broad SMARTS) is 1. The van der Waals surface area contributed by atoms with Crippen molar-refractivity contribution in [1.82, 2.24) is 15.3 Å². The molecule has 0 unspecified atom stereocenters. The van der Waals surface area contributed by atoms with Crippen molar-refractivity contribution in [3.05, 3.63) is 46.2 Å². The monoisotopic (exact) mass is 277 g/mol. The normalized spacial score (nSPS) is 10.1. The van der Waals surface area contributed by atoms with Crippen LogP contribution in [0.5, 0.6) is 0 Å². The minimum atomic E-state index is -1.16. The van der Waals surface area contributed by atoms with Crippen LogP contribution in [-0.2, 0) is 6.42 Å². The summed E-state index contributed by atoms with van der Waals surface area (Å²) in [6.45, 7) is 0.455. The number of hydrogen-bond acceptors (Lipinski definition) is 5. The molecule has 0 radical (unpaired) electrons. The molecule has 98 valence electrons. The van der Waals surface area contributed by atoms with Gasteiger partial charge in [0.25, 0.3) is 5.91 Å². The van der Waals surface area contributed by atoms with Gasteiger partial charge in [0, 0.05) is 36.3 Å². The Labute approximate surface area is 113 Å². The van der Waals surface area contributed by atoms with Crippen LogP contribution in [-0.4, -0.2) is 33.5 Å². The van der Waals surface area contributed by atoms with Gasteiger partial charge in [-0.3, -0.25) is 4.79 Å². The van der Waals surface area contributed by atoms with Crippen molar-refractivity contribution in [1.29, 1.82) is 0 Å². The summed E-state index contributed by atoms with van der Waals surface area (Å²) in [4.78, 5) is 30.3. The molecule has 2 heterocycles. The maximum atomic E-state index is 11.8. The van der Waals surface area contributed by atoms with Crippen molar-refractivity contribution < 1.29 is 14.7 Å². The van der Waals surface area contributed by atoms with Crippen LogP contribution in [0.3, 0.4) is 0 Å². The molecule has 0 aliphatic rings. The summed E-state index contributed by atoms with van der Waals surface area (Å²) in [5.74, 6) is -1.47. The zero-order valence-electron chi connectivity index (χ0n) is 9.87. The molecule has 0 fully saturated rings. The number of pyridine rings is 1. The van der Waals surface area contributed by atoms with E-state index in [2.05, 4.69) is 15.3 Å². The lowest BCUT2D eigenvalue weighted by atomic mass is 10.2. The Kier molecular flexibility index (Phi) is 4.19. The van der Waals surface area contributed by atoms with Crippen LogP contribution in [0.25, 0.3) is 0 Å². The Bertz CT molecular complexity index is 584. The second-order valence-corrected chi connectivity index (χ2v) is 4.65. The molecule has 19 heavy (non-hydrogen) atoms. The maximum Gasteiger partial charge on any atom is 0.354 e. The van der Waals surface area contributed by atoms with Crippen LogP contribution >= 0.6 is 11.3 Å². The lowest BCUT2D eigenvalue weighted by Crippen LogP contribution is -2.26. The topological polar surface area (TPSA) is 92.2 Å². The van der Waals surface area contributed by atoms with Crippen molar-refractivity contribution in [2.24, 2.45) is 0 Å². The van der Waals surface area contributed by atoms with Gasteiger partial charge in [-0.1, -0.05) is 0 Å². The molecular weight excluding hydrogens is 266 g/mol. The Morgan fingerprint density at radius 3 is 2.84 bits per heavy atom. The quantitative estimate of drug-likeness (QED) is 0.857. The second-order valence-electron chi connectivity index (χ2n) is 3.67. The molecule has 2 aromatic rings. The summed E-state index contributed by atoms with van der Waals surface area (Å²) < 4.78 is 0. The van der Waals surface area contributed by atoms with Crippen LogP contribution in [0.15, 0.2) is 29.9 Å². The fourth-order valence-electron chi connectivity index (χ4n) is 1.45. The summed E-state index contributed by atoms with van der Waals surface area (Å²) in [6, 6.07) is 2.73. The summed E-state index contributed by atoms with van der Waals surface area (Å²) in [6.07, 6.45) is 3.67. The van der Waals surface area contributed by atoms with Crippen LogP contribution in [0.1, 0.15) is 25.9 Å². The molecule has 0 aliphatic carbocycles. The SMILES string of the molecule is O=C(NCCc1nccs1)c1ccnc(C(=O)O)c1. The Hall–Kier alpha value is -2.28. The summed E-state index contributed by atoms with van der Waals surface area (Å²) in [7, 11) is 0. The highest BCUT2D eigenvalue weighted by molar-refractivity contribution is 7.09. The molecule has 0 atom stereocenters. The number of carbonyl (C=O) groups is 2. The molecule has 0 bridgehead atoms.